The average molecular weight is 174 g/mol. The number of hydrogen-bond donors (Lipinski definition) is 0. The molecule has 0 unspecified atom stereocenters. The Bertz CT molecular complexity index is 98.7. The van der Waals surface area contributed by atoms with E-state index in [1.54, 1.807) is 0 Å². The van der Waals surface area contributed by atoms with Gasteiger partial charge in [-0.15, -0.1) is 0 Å². The van der Waals surface area contributed by atoms with Crippen LogP contribution in [-0.2, 0) is 0 Å². The lowest BCUT2D eigenvalue weighted by molar-refractivity contribution is 0.0186. The van der Waals surface area contributed by atoms with E-state index in [2.05, 4.69) is 44.9 Å². The Balaban J connectivity index is 4.46. The van der Waals surface area contributed by atoms with E-state index in [1.807, 2.05) is 0 Å². The molecule has 0 atom stereocenters. The van der Waals surface area contributed by atoms with Crippen LogP contribution in [0.1, 0.15) is 13.3 Å². The summed E-state index contributed by atoms with van der Waals surface area (Å²) >= 11 is 0. The Labute approximate surface area is 74.0 Å². The largest absolute Gasteiger partial charge is 0.292 e. The summed E-state index contributed by atoms with van der Waals surface area (Å²) < 4.78 is 0. The lowest BCUT2D eigenvalue weighted by Gasteiger charge is -2.44. The van der Waals surface area contributed by atoms with Gasteiger partial charge in [-0.25, -0.2) is 0 Å². The standard InChI is InChI=1S/C8H22N2Si/c1-6-8(7-11,9(2)3)10(4)5/h6-7H2,1-5,11H3. The maximum Gasteiger partial charge on any atom is 0.0692 e. The normalized spacial score (nSPS) is 13.4. The summed E-state index contributed by atoms with van der Waals surface area (Å²) in [5.74, 6) is 0. The molecule has 0 heterocycles. The Morgan fingerprint density at radius 1 is 1.09 bits per heavy atom. The van der Waals surface area contributed by atoms with E-state index >= 15 is 0 Å². The Hall–Kier alpha value is 0.137. The van der Waals surface area contributed by atoms with Crippen LogP contribution in [0.3, 0.4) is 0 Å². The molecule has 0 radical (unpaired) electrons. The SMILES string of the molecule is CCC(C[SiH3])(N(C)C)N(C)C. The fourth-order valence-electron chi connectivity index (χ4n) is 1.91. The van der Waals surface area contributed by atoms with Crippen LogP contribution in [0, 0.1) is 0 Å². The van der Waals surface area contributed by atoms with Gasteiger partial charge >= 0.3 is 0 Å². The molecule has 2 nitrogen and oxygen atoms in total. The van der Waals surface area contributed by atoms with Gasteiger partial charge in [0.15, 0.2) is 0 Å². The van der Waals surface area contributed by atoms with Gasteiger partial charge in [0.05, 0.1) is 5.66 Å². The smallest absolute Gasteiger partial charge is 0.0692 e. The van der Waals surface area contributed by atoms with Crippen LogP contribution in [0.2, 0.25) is 6.04 Å². The van der Waals surface area contributed by atoms with Gasteiger partial charge in [0.1, 0.15) is 0 Å². The molecule has 0 N–H and O–H groups in total. The summed E-state index contributed by atoms with van der Waals surface area (Å²) in [6.45, 7) is 2.26. The molecule has 68 valence electrons. The summed E-state index contributed by atoms with van der Waals surface area (Å²) in [5.41, 5.74) is 0.312. The van der Waals surface area contributed by atoms with Crippen molar-refractivity contribution in [3.63, 3.8) is 0 Å². The Morgan fingerprint density at radius 3 is 1.45 bits per heavy atom. The van der Waals surface area contributed by atoms with Gasteiger partial charge in [0.25, 0.3) is 0 Å². The number of nitrogens with zero attached hydrogens (tertiary/aromatic N) is 2. The average Bonchev–Trinajstić information content (AvgIpc) is 1.90. The summed E-state index contributed by atoms with van der Waals surface area (Å²) in [6.07, 6.45) is 1.20. The van der Waals surface area contributed by atoms with Gasteiger partial charge in [-0.05, 0) is 40.7 Å². The molecule has 11 heavy (non-hydrogen) atoms. The van der Waals surface area contributed by atoms with Crippen molar-refractivity contribution < 1.29 is 0 Å². The van der Waals surface area contributed by atoms with Crippen LogP contribution < -0.4 is 0 Å². The zero-order valence-corrected chi connectivity index (χ0v) is 10.8. The second-order valence-corrected chi connectivity index (χ2v) is 4.19. The van der Waals surface area contributed by atoms with Crippen LogP contribution in [0.25, 0.3) is 0 Å². The highest BCUT2D eigenvalue weighted by Gasteiger charge is 2.30. The Kier molecular flexibility index (Phi) is 4.29. The molecule has 0 aliphatic carbocycles. The van der Waals surface area contributed by atoms with E-state index in [4.69, 9.17) is 0 Å². The molecule has 0 saturated carbocycles. The minimum absolute atomic E-state index is 0.312. The first-order chi connectivity index (χ1) is 5.01. The van der Waals surface area contributed by atoms with Crippen LogP contribution in [-0.4, -0.2) is 53.9 Å². The topological polar surface area (TPSA) is 6.48 Å². The molecule has 0 aliphatic heterocycles. The summed E-state index contributed by atoms with van der Waals surface area (Å²) in [7, 11) is 9.94. The van der Waals surface area contributed by atoms with Gasteiger partial charge in [0, 0.05) is 10.2 Å². The predicted molar refractivity (Wildman–Crippen MR) is 55.1 cm³/mol. The first-order valence-corrected chi connectivity index (χ1v) is 5.77. The van der Waals surface area contributed by atoms with Gasteiger partial charge in [0.2, 0.25) is 0 Å². The molecule has 0 amide bonds. The van der Waals surface area contributed by atoms with E-state index in [9.17, 15) is 0 Å². The second kappa shape index (κ2) is 4.23. The van der Waals surface area contributed by atoms with Crippen LogP contribution >= 0.6 is 0 Å². The molecule has 3 heteroatoms. The number of rotatable bonds is 4. The van der Waals surface area contributed by atoms with E-state index in [1.165, 1.54) is 22.7 Å². The predicted octanol–water partition coefficient (Wildman–Crippen LogP) is -0.000400. The zero-order valence-electron chi connectivity index (χ0n) is 8.81. The maximum absolute atomic E-state index is 2.33. The molecule has 0 aromatic carbocycles. The van der Waals surface area contributed by atoms with Crippen molar-refractivity contribution >= 4 is 10.2 Å². The highest BCUT2D eigenvalue weighted by Crippen LogP contribution is 2.22. The molecule has 0 aromatic heterocycles. The van der Waals surface area contributed by atoms with Crippen LogP contribution in [0.15, 0.2) is 0 Å². The summed E-state index contributed by atoms with van der Waals surface area (Å²) in [6, 6.07) is 1.31. The fraction of sp³-hybridized carbons (Fsp3) is 1.00. The Morgan fingerprint density at radius 2 is 1.45 bits per heavy atom. The number of hydrogen-bond acceptors (Lipinski definition) is 2. The maximum atomic E-state index is 2.33. The van der Waals surface area contributed by atoms with E-state index in [-0.39, 0.29) is 0 Å². The molecule has 0 aliphatic rings. The van der Waals surface area contributed by atoms with Crippen molar-refractivity contribution in [2.45, 2.75) is 25.1 Å². The van der Waals surface area contributed by atoms with Gasteiger partial charge < -0.3 is 0 Å². The van der Waals surface area contributed by atoms with Crippen molar-refractivity contribution in [1.29, 1.82) is 0 Å². The third-order valence-electron chi connectivity index (χ3n) is 2.80. The first kappa shape index (κ1) is 11.1. The van der Waals surface area contributed by atoms with Crippen LogP contribution in [0.5, 0.6) is 0 Å². The molecular formula is C8H22N2Si. The molecule has 0 fully saturated rings. The van der Waals surface area contributed by atoms with Crippen molar-refractivity contribution in [2.24, 2.45) is 0 Å². The van der Waals surface area contributed by atoms with Crippen molar-refractivity contribution in [1.82, 2.24) is 9.80 Å². The molecule has 0 saturated heterocycles. The molecule has 0 aromatic rings. The molecule has 0 rings (SSSR count). The van der Waals surface area contributed by atoms with Crippen molar-refractivity contribution in [2.75, 3.05) is 28.2 Å². The quantitative estimate of drug-likeness (QED) is 0.437. The highest BCUT2D eigenvalue weighted by atomic mass is 28.1. The fourth-order valence-corrected chi connectivity index (χ4v) is 3.68. The minimum atomic E-state index is 0.312. The summed E-state index contributed by atoms with van der Waals surface area (Å²) in [4.78, 5) is 4.67. The van der Waals surface area contributed by atoms with E-state index in [0.29, 0.717) is 5.66 Å². The van der Waals surface area contributed by atoms with Crippen molar-refractivity contribution in [3.05, 3.63) is 0 Å². The third kappa shape index (κ3) is 2.04. The molecule has 0 spiro atoms. The van der Waals surface area contributed by atoms with Gasteiger partial charge in [-0.1, -0.05) is 6.92 Å². The third-order valence-corrected chi connectivity index (χ3v) is 3.93. The zero-order chi connectivity index (χ0) is 9.07. The van der Waals surface area contributed by atoms with Crippen molar-refractivity contribution in [3.8, 4) is 0 Å². The molecule has 0 bridgehead atoms. The first-order valence-electron chi connectivity index (χ1n) is 4.36. The van der Waals surface area contributed by atoms with Crippen LogP contribution in [0.4, 0.5) is 0 Å². The lowest BCUT2D eigenvalue weighted by atomic mass is 10.1. The lowest BCUT2D eigenvalue weighted by Crippen LogP contribution is -2.54. The minimum Gasteiger partial charge on any atom is -0.292 e. The van der Waals surface area contributed by atoms with E-state index < -0.39 is 0 Å². The highest BCUT2D eigenvalue weighted by molar-refractivity contribution is 6.09. The van der Waals surface area contributed by atoms with Gasteiger partial charge in [-0.3, -0.25) is 9.80 Å². The summed E-state index contributed by atoms with van der Waals surface area (Å²) in [5, 5.41) is 0. The van der Waals surface area contributed by atoms with Gasteiger partial charge in [-0.2, -0.15) is 0 Å². The van der Waals surface area contributed by atoms with E-state index in [0.717, 1.165) is 0 Å². The monoisotopic (exact) mass is 174 g/mol. The second-order valence-electron chi connectivity index (χ2n) is 3.48. The molecular weight excluding hydrogens is 152 g/mol.